The Morgan fingerprint density at radius 2 is 1.67 bits per heavy atom. The van der Waals surface area contributed by atoms with Crippen LogP contribution in [0.2, 0.25) is 0 Å². The van der Waals surface area contributed by atoms with Gasteiger partial charge in [-0.25, -0.2) is 16.8 Å². The molecule has 0 aliphatic heterocycles. The van der Waals surface area contributed by atoms with Crippen LogP contribution in [-0.2, 0) is 38.8 Å². The van der Waals surface area contributed by atoms with E-state index in [4.69, 9.17) is 4.18 Å². The molecule has 0 heterocycles. The van der Waals surface area contributed by atoms with Gasteiger partial charge in [0.25, 0.3) is 0 Å². The summed E-state index contributed by atoms with van der Waals surface area (Å²) in [6, 6.07) is 0. The molecule has 0 radical (unpaired) electrons. The summed E-state index contributed by atoms with van der Waals surface area (Å²) in [7, 11) is -9.92. The molecule has 194 valence electrons. The molecule has 36 heavy (non-hydrogen) atoms. The average Bonchev–Trinajstić information content (AvgIpc) is 2.96. The summed E-state index contributed by atoms with van der Waals surface area (Å²) in [6.45, 7) is 2.63. The van der Waals surface area contributed by atoms with Crippen LogP contribution in [0, 0.1) is 34.5 Å². The van der Waals surface area contributed by atoms with Gasteiger partial charge in [0, 0.05) is 17.8 Å². The van der Waals surface area contributed by atoms with Gasteiger partial charge in [-0.1, -0.05) is 13.8 Å². The zero-order chi connectivity index (χ0) is 25.3. The van der Waals surface area contributed by atoms with E-state index in [0.717, 1.165) is 0 Å². The van der Waals surface area contributed by atoms with Gasteiger partial charge in [-0.3, -0.25) is 18.0 Å². The molecule has 4 aliphatic carbocycles. The Morgan fingerprint density at radius 1 is 1.03 bits per heavy atom. The van der Waals surface area contributed by atoms with E-state index in [-0.39, 0.29) is 101 Å². The van der Waals surface area contributed by atoms with Gasteiger partial charge < -0.3 is 14.2 Å². The van der Waals surface area contributed by atoms with Crippen molar-refractivity contribution in [2.75, 3.05) is 6.61 Å². The van der Waals surface area contributed by atoms with Crippen LogP contribution in [0.15, 0.2) is 0 Å². The van der Waals surface area contributed by atoms with Crippen molar-refractivity contribution in [1.29, 1.82) is 0 Å². The van der Waals surface area contributed by atoms with E-state index in [9.17, 15) is 40.6 Å². The minimum atomic E-state index is -5.11. The summed E-state index contributed by atoms with van der Waals surface area (Å²) in [5.74, 6) is -1.59. The van der Waals surface area contributed by atoms with E-state index in [1.165, 1.54) is 0 Å². The second-order valence-corrected chi connectivity index (χ2v) is 13.0. The number of carbonyl (C=O) groups is 2. The zero-order valence-corrected chi connectivity index (χ0v) is 26.7. The van der Waals surface area contributed by atoms with Crippen molar-refractivity contribution in [2.45, 2.75) is 76.9 Å². The topological polar surface area (TPSA) is 187 Å². The fourth-order valence-corrected chi connectivity index (χ4v) is 8.75. The molecule has 4 rings (SSSR count). The second-order valence-electron chi connectivity index (χ2n) is 11.0. The smallest absolute Gasteiger partial charge is 0.726 e. The summed E-state index contributed by atoms with van der Waals surface area (Å²) in [6.07, 6.45) is 2.32. The van der Waals surface area contributed by atoms with Crippen LogP contribution >= 0.6 is 0 Å². The molecule has 1 N–H and O–H groups in total. The molecule has 0 aromatic rings. The number of Topliss-reactive ketones (excluding diaryl/α,β-unsaturated/α-hetero) is 2. The number of carbonyl (C=O) groups excluding carboxylic acids is 2. The fourth-order valence-electron chi connectivity index (χ4n) is 7.99. The first-order valence-corrected chi connectivity index (χ1v) is 14.2. The molecule has 8 atom stereocenters. The predicted octanol–water partition coefficient (Wildman–Crippen LogP) is -5.16. The first-order chi connectivity index (χ1) is 15.5. The van der Waals surface area contributed by atoms with E-state index in [1.54, 1.807) is 6.92 Å². The van der Waals surface area contributed by atoms with Gasteiger partial charge in [-0.15, -0.1) is 0 Å². The Balaban J connectivity index is 0.00000228. The van der Waals surface area contributed by atoms with E-state index in [1.807, 2.05) is 6.92 Å². The second kappa shape index (κ2) is 11.1. The number of aliphatic hydroxyl groups is 1. The summed E-state index contributed by atoms with van der Waals surface area (Å²) in [5.41, 5.74) is -3.51. The van der Waals surface area contributed by atoms with Crippen LogP contribution in [0.3, 0.4) is 0 Å². The van der Waals surface area contributed by atoms with Gasteiger partial charge in [-0.05, 0) is 68.1 Å². The van der Waals surface area contributed by atoms with Gasteiger partial charge in [-0.2, -0.15) is 0 Å². The predicted molar refractivity (Wildman–Crippen MR) is 112 cm³/mol. The van der Waals surface area contributed by atoms with Crippen LogP contribution in [0.5, 0.6) is 0 Å². The van der Waals surface area contributed by atoms with Crippen LogP contribution in [-0.4, -0.2) is 60.9 Å². The van der Waals surface area contributed by atoms with E-state index in [0.29, 0.717) is 38.5 Å². The molecule has 0 amide bonds. The number of fused-ring (bicyclic) bond motifs is 5. The third-order valence-corrected chi connectivity index (χ3v) is 10.4. The average molecular weight is 569 g/mol. The van der Waals surface area contributed by atoms with Crippen LogP contribution < -0.4 is 59.1 Å². The van der Waals surface area contributed by atoms with Gasteiger partial charge in [0.1, 0.15) is 18.0 Å². The van der Waals surface area contributed by atoms with E-state index >= 15 is 0 Å². The van der Waals surface area contributed by atoms with Crippen LogP contribution in [0.1, 0.15) is 65.2 Å². The van der Waals surface area contributed by atoms with Crippen molar-refractivity contribution >= 4 is 32.4 Å². The van der Waals surface area contributed by atoms with Crippen molar-refractivity contribution in [3.05, 3.63) is 0 Å². The first kappa shape index (κ1) is 33.2. The Bertz CT molecular complexity index is 1100. The number of hydrogen-bond donors (Lipinski definition) is 1. The molecule has 0 aromatic carbocycles. The molecule has 0 spiro atoms. The molecule has 4 fully saturated rings. The standard InChI is InChI=1S/C21H32O11S2.2Na/c1-19-7-5-13(32-34(28,29)30)9-12(19)3-4-14-15-6-8-21(24,17(23)11-31-33(25,26)27)20(15,2)10-16(22)18(14)19;;/h12-15,18,24H,3-11H2,1-2H3,(H,25,26,27)(H,28,29,30);;/q;2*+1/p-2/t12-,13-,14+,15+,18-,19+,20+,21+;;/m1../s1. The van der Waals surface area contributed by atoms with Crippen LogP contribution in [0.4, 0.5) is 0 Å². The maximum atomic E-state index is 13.6. The molecule has 4 saturated carbocycles. The number of ketones is 2. The Hall–Kier alpha value is 1.04. The largest absolute Gasteiger partial charge is 1.00 e. The van der Waals surface area contributed by atoms with E-state index in [2.05, 4.69) is 4.18 Å². The van der Waals surface area contributed by atoms with Crippen molar-refractivity contribution < 1.29 is 108 Å². The SMILES string of the molecule is C[C@]12CC[C@@H](OS(=O)(=O)[O-])C[C@H]1CC[C@@H]1[C@@H]2C(=O)C[C@@]2(C)[C@H]1CC[C@]2(O)C(=O)COS(=O)(=O)[O-].[Na+].[Na+]. The first-order valence-electron chi connectivity index (χ1n) is 11.5. The van der Waals surface area contributed by atoms with Gasteiger partial charge in [0.15, 0.2) is 5.78 Å². The van der Waals surface area contributed by atoms with Crippen molar-refractivity contribution in [3.63, 3.8) is 0 Å². The Kier molecular flexibility index (Phi) is 10.3. The summed E-state index contributed by atoms with van der Waals surface area (Å²) >= 11 is 0. The summed E-state index contributed by atoms with van der Waals surface area (Å²) < 4.78 is 74.4. The quantitative estimate of drug-likeness (QED) is 0.183. The summed E-state index contributed by atoms with van der Waals surface area (Å²) in [4.78, 5) is 26.4. The normalized spacial score (nSPS) is 42.2. The molecule has 0 aromatic heterocycles. The zero-order valence-electron chi connectivity index (χ0n) is 21.1. The van der Waals surface area contributed by atoms with E-state index < -0.39 is 55.7 Å². The monoisotopic (exact) mass is 568 g/mol. The Labute approximate surface area is 256 Å². The third-order valence-electron chi connectivity index (χ3n) is 9.51. The molecule has 11 nitrogen and oxygen atoms in total. The van der Waals surface area contributed by atoms with Gasteiger partial charge in [0.2, 0.25) is 20.8 Å². The molecule has 15 heteroatoms. The molecular formula is C21H30Na2O11S2. The van der Waals surface area contributed by atoms with Gasteiger partial charge in [0.05, 0.1) is 6.10 Å². The van der Waals surface area contributed by atoms with Crippen molar-refractivity contribution in [1.82, 2.24) is 0 Å². The summed E-state index contributed by atoms with van der Waals surface area (Å²) in [5, 5.41) is 11.4. The van der Waals surface area contributed by atoms with Crippen LogP contribution in [0.25, 0.3) is 0 Å². The maximum absolute atomic E-state index is 13.6. The van der Waals surface area contributed by atoms with Gasteiger partial charge >= 0.3 is 59.1 Å². The minimum Gasteiger partial charge on any atom is -0.726 e. The Morgan fingerprint density at radius 3 is 2.25 bits per heavy atom. The molecule has 0 bridgehead atoms. The minimum absolute atomic E-state index is 0. The molecule has 0 saturated heterocycles. The molecular weight excluding hydrogens is 538 g/mol. The molecule has 4 aliphatic rings. The molecule has 0 unspecified atom stereocenters. The van der Waals surface area contributed by atoms with Crippen molar-refractivity contribution in [2.24, 2.45) is 34.5 Å². The van der Waals surface area contributed by atoms with Crippen molar-refractivity contribution in [3.8, 4) is 0 Å². The fraction of sp³-hybridized carbons (Fsp3) is 0.905. The third kappa shape index (κ3) is 5.89. The number of rotatable bonds is 6. The maximum Gasteiger partial charge on any atom is 1.00 e. The number of hydrogen-bond acceptors (Lipinski definition) is 11.